The molecule has 20 heavy (non-hydrogen) atoms. The first-order valence-electron chi connectivity index (χ1n) is 6.26. The molecular weight excluding hydrogens is 344 g/mol. The molecule has 1 N–H and O–H groups in total. The first kappa shape index (κ1) is 15.3. The predicted octanol–water partition coefficient (Wildman–Crippen LogP) is 3.04. The average Bonchev–Trinajstić information content (AvgIpc) is 2.33. The second-order valence-corrected chi connectivity index (χ2v) is 6.78. The number of hydrogen-bond acceptors (Lipinski definition) is 2. The number of anilines is 1. The van der Waals surface area contributed by atoms with Crippen LogP contribution in [-0.2, 0) is 9.59 Å². The van der Waals surface area contributed by atoms with Gasteiger partial charge in [0, 0.05) is 9.50 Å². The molecule has 0 aliphatic carbocycles. The topological polar surface area (TPSA) is 49.4 Å². The summed E-state index contributed by atoms with van der Waals surface area (Å²) < 4.78 is 0.741. The minimum Gasteiger partial charge on any atom is -0.340 e. The Labute approximate surface area is 131 Å². The molecule has 0 bridgehead atoms. The zero-order valence-corrected chi connectivity index (χ0v) is 14.1. The van der Waals surface area contributed by atoms with Crippen LogP contribution < -0.4 is 10.2 Å². The molecule has 4 nitrogen and oxygen atoms in total. The smallest absolute Gasteiger partial charge is 0.252 e. The maximum atomic E-state index is 12.6. The van der Waals surface area contributed by atoms with Crippen LogP contribution in [0.5, 0.6) is 0 Å². The van der Waals surface area contributed by atoms with Crippen molar-refractivity contribution in [2.75, 3.05) is 4.90 Å². The summed E-state index contributed by atoms with van der Waals surface area (Å²) in [6.45, 7) is 6.96. The molecule has 0 aromatic heterocycles. The van der Waals surface area contributed by atoms with E-state index in [9.17, 15) is 9.59 Å². The highest BCUT2D eigenvalue weighted by Gasteiger charge is 2.44. The monoisotopic (exact) mass is 358 g/mol. The Bertz CT molecular complexity index is 601. The Balaban J connectivity index is 2.57. The number of piperazine rings is 1. The summed E-state index contributed by atoms with van der Waals surface area (Å²) in [6, 6.07) is 2.98. The molecule has 2 rings (SSSR count). The van der Waals surface area contributed by atoms with Crippen LogP contribution in [0.25, 0.3) is 0 Å². The Kier molecular flexibility index (Phi) is 3.86. The number of carbonyl (C=O) groups is 2. The summed E-state index contributed by atoms with van der Waals surface area (Å²) in [4.78, 5) is 26.1. The number of nitrogens with one attached hydrogen (secondary N) is 1. The van der Waals surface area contributed by atoms with Crippen LogP contribution in [0.2, 0.25) is 5.02 Å². The highest BCUT2D eigenvalue weighted by Crippen LogP contribution is 2.35. The van der Waals surface area contributed by atoms with Gasteiger partial charge in [-0.2, -0.15) is 0 Å². The normalized spacial score (nSPS) is 21.9. The number of hydrogen-bond donors (Lipinski definition) is 1. The van der Waals surface area contributed by atoms with Gasteiger partial charge in [-0.15, -0.1) is 0 Å². The lowest BCUT2D eigenvalue weighted by atomic mass is 9.96. The van der Waals surface area contributed by atoms with Gasteiger partial charge in [0.05, 0.1) is 5.69 Å². The van der Waals surface area contributed by atoms with Crippen LogP contribution in [0.1, 0.15) is 26.3 Å². The van der Waals surface area contributed by atoms with Crippen LogP contribution in [0.15, 0.2) is 16.6 Å². The van der Waals surface area contributed by atoms with Crippen molar-refractivity contribution in [1.82, 2.24) is 5.32 Å². The van der Waals surface area contributed by atoms with E-state index in [0.717, 1.165) is 10.0 Å². The maximum absolute atomic E-state index is 12.6. The van der Waals surface area contributed by atoms with Gasteiger partial charge in [0.2, 0.25) is 5.91 Å². The SMILES string of the molecule is Cc1cc(Br)c(N2C(=O)C(C)(C)NC(=O)C2C)cc1Cl. The van der Waals surface area contributed by atoms with E-state index in [-0.39, 0.29) is 11.8 Å². The average molecular weight is 360 g/mol. The molecule has 6 heteroatoms. The standard InChI is InChI=1S/C14H16BrClN2O2/c1-7-5-9(15)11(6-10(7)16)18-8(2)12(19)17-14(3,4)13(18)20/h5-6,8H,1-4H3,(H,17,19). The summed E-state index contributed by atoms with van der Waals surface area (Å²) >= 11 is 9.59. The van der Waals surface area contributed by atoms with Gasteiger partial charge in [-0.1, -0.05) is 11.6 Å². The Morgan fingerprint density at radius 2 is 1.95 bits per heavy atom. The first-order valence-corrected chi connectivity index (χ1v) is 7.43. The number of carbonyl (C=O) groups excluding carboxylic acids is 2. The van der Waals surface area contributed by atoms with Gasteiger partial charge < -0.3 is 5.32 Å². The van der Waals surface area contributed by atoms with Crippen LogP contribution in [0.4, 0.5) is 5.69 Å². The lowest BCUT2D eigenvalue weighted by Crippen LogP contribution is -2.67. The van der Waals surface area contributed by atoms with E-state index in [1.807, 2.05) is 13.0 Å². The van der Waals surface area contributed by atoms with Crippen molar-refractivity contribution in [3.05, 3.63) is 27.2 Å². The Morgan fingerprint density at radius 1 is 1.35 bits per heavy atom. The fourth-order valence-electron chi connectivity index (χ4n) is 2.20. The highest BCUT2D eigenvalue weighted by atomic mass is 79.9. The maximum Gasteiger partial charge on any atom is 0.252 e. The van der Waals surface area contributed by atoms with E-state index in [0.29, 0.717) is 10.7 Å². The molecule has 0 spiro atoms. The minimum absolute atomic E-state index is 0.162. The van der Waals surface area contributed by atoms with Crippen molar-refractivity contribution in [3.8, 4) is 0 Å². The van der Waals surface area contributed by atoms with Crippen molar-refractivity contribution in [2.45, 2.75) is 39.3 Å². The van der Waals surface area contributed by atoms with Gasteiger partial charge in [-0.3, -0.25) is 14.5 Å². The Hall–Kier alpha value is -1.07. The molecule has 1 aromatic rings. The van der Waals surface area contributed by atoms with Crippen LogP contribution in [0, 0.1) is 6.92 Å². The van der Waals surface area contributed by atoms with Gasteiger partial charge in [-0.25, -0.2) is 0 Å². The number of halogens is 2. The molecule has 1 aliphatic heterocycles. The van der Waals surface area contributed by atoms with Crippen molar-refractivity contribution in [1.29, 1.82) is 0 Å². The number of amides is 2. The summed E-state index contributed by atoms with van der Waals surface area (Å²) in [5, 5.41) is 3.28. The van der Waals surface area contributed by atoms with E-state index in [4.69, 9.17) is 11.6 Å². The van der Waals surface area contributed by atoms with Gasteiger partial charge in [0.15, 0.2) is 0 Å². The molecule has 108 valence electrons. The summed E-state index contributed by atoms with van der Waals surface area (Å²) in [6.07, 6.45) is 0. The highest BCUT2D eigenvalue weighted by molar-refractivity contribution is 9.10. The lowest BCUT2D eigenvalue weighted by Gasteiger charge is -2.41. The fourth-order valence-corrected chi connectivity index (χ4v) is 3.01. The van der Waals surface area contributed by atoms with Crippen LogP contribution >= 0.6 is 27.5 Å². The molecule has 1 atom stereocenters. The van der Waals surface area contributed by atoms with E-state index in [1.165, 1.54) is 4.90 Å². The number of benzene rings is 1. The zero-order valence-electron chi connectivity index (χ0n) is 11.8. The van der Waals surface area contributed by atoms with Crippen molar-refractivity contribution < 1.29 is 9.59 Å². The molecule has 2 amide bonds. The van der Waals surface area contributed by atoms with Crippen LogP contribution in [-0.4, -0.2) is 23.4 Å². The third-order valence-corrected chi connectivity index (χ3v) is 4.49. The van der Waals surface area contributed by atoms with Crippen molar-refractivity contribution in [3.63, 3.8) is 0 Å². The minimum atomic E-state index is -0.930. The fraction of sp³-hybridized carbons (Fsp3) is 0.429. The molecule has 1 fully saturated rings. The molecule has 1 saturated heterocycles. The van der Waals surface area contributed by atoms with Crippen molar-refractivity contribution >= 4 is 45.0 Å². The second-order valence-electron chi connectivity index (χ2n) is 5.52. The number of aryl methyl sites for hydroxylation is 1. The van der Waals surface area contributed by atoms with E-state index in [1.54, 1.807) is 26.8 Å². The zero-order chi connectivity index (χ0) is 15.2. The Morgan fingerprint density at radius 3 is 2.55 bits per heavy atom. The van der Waals surface area contributed by atoms with Gasteiger partial charge >= 0.3 is 0 Å². The molecule has 1 unspecified atom stereocenters. The first-order chi connectivity index (χ1) is 9.15. The van der Waals surface area contributed by atoms with Gasteiger partial charge in [0.1, 0.15) is 11.6 Å². The molecule has 1 aliphatic rings. The van der Waals surface area contributed by atoms with Gasteiger partial charge in [0.25, 0.3) is 5.91 Å². The molecule has 1 heterocycles. The number of rotatable bonds is 1. The van der Waals surface area contributed by atoms with E-state index < -0.39 is 11.6 Å². The molecular formula is C14H16BrClN2O2. The van der Waals surface area contributed by atoms with Crippen molar-refractivity contribution in [2.24, 2.45) is 0 Å². The van der Waals surface area contributed by atoms with Crippen LogP contribution in [0.3, 0.4) is 0 Å². The van der Waals surface area contributed by atoms with E-state index in [2.05, 4.69) is 21.2 Å². The predicted molar refractivity (Wildman–Crippen MR) is 83.1 cm³/mol. The summed E-state index contributed by atoms with van der Waals surface area (Å²) in [7, 11) is 0. The molecule has 0 saturated carbocycles. The number of nitrogens with zero attached hydrogens (tertiary/aromatic N) is 1. The third-order valence-electron chi connectivity index (χ3n) is 3.44. The van der Waals surface area contributed by atoms with E-state index >= 15 is 0 Å². The lowest BCUT2D eigenvalue weighted by molar-refractivity contribution is -0.136. The quantitative estimate of drug-likeness (QED) is 0.838. The molecule has 1 aromatic carbocycles. The largest absolute Gasteiger partial charge is 0.340 e. The third kappa shape index (κ3) is 2.44. The second kappa shape index (κ2) is 5.04. The summed E-state index contributed by atoms with van der Waals surface area (Å²) in [5.74, 6) is -0.344. The molecule has 0 radical (unpaired) electrons. The summed E-state index contributed by atoms with van der Waals surface area (Å²) in [5.41, 5.74) is 0.588. The van der Waals surface area contributed by atoms with Gasteiger partial charge in [-0.05, 0) is 61.3 Å².